The molecule has 0 bridgehead atoms. The maximum atomic E-state index is 11.6. The fourth-order valence-electron chi connectivity index (χ4n) is 0.559. The Labute approximate surface area is 80.5 Å². The molecule has 2 N–H and O–H groups in total. The summed E-state index contributed by atoms with van der Waals surface area (Å²) >= 11 is 0.870. The first-order chi connectivity index (χ1) is 6.47. The number of hydrogen-bond donors (Lipinski definition) is 2. The summed E-state index contributed by atoms with van der Waals surface area (Å²) in [5, 5.41) is 7.44. The van der Waals surface area contributed by atoms with Gasteiger partial charge in [0.2, 0.25) is 0 Å². The Balaban J connectivity index is 2.30. The second-order valence-corrected chi connectivity index (χ2v) is 2.99. The Morgan fingerprint density at radius 3 is 2.79 bits per heavy atom. The van der Waals surface area contributed by atoms with E-state index in [1.165, 1.54) is 6.20 Å². The molecule has 14 heavy (non-hydrogen) atoms. The number of rotatable bonds is 2. The van der Waals surface area contributed by atoms with Crippen LogP contribution in [-0.2, 0) is 0 Å². The van der Waals surface area contributed by atoms with E-state index in [2.05, 4.69) is 14.9 Å². The van der Waals surface area contributed by atoms with Crippen LogP contribution >= 0.6 is 11.5 Å². The SMILES string of the molecule is O=C(NCC(F)(F)F)Nc1cnns1. The third-order valence-corrected chi connectivity index (χ3v) is 1.63. The van der Waals surface area contributed by atoms with E-state index in [-0.39, 0.29) is 5.00 Å². The van der Waals surface area contributed by atoms with Crippen LogP contribution < -0.4 is 10.6 Å². The second-order valence-electron chi connectivity index (χ2n) is 2.20. The van der Waals surface area contributed by atoms with Gasteiger partial charge < -0.3 is 5.32 Å². The topological polar surface area (TPSA) is 66.9 Å². The number of aromatic nitrogens is 2. The summed E-state index contributed by atoms with van der Waals surface area (Å²) in [5.41, 5.74) is 0. The highest BCUT2D eigenvalue weighted by atomic mass is 32.1. The van der Waals surface area contributed by atoms with Crippen LogP contribution in [0.5, 0.6) is 0 Å². The van der Waals surface area contributed by atoms with E-state index in [9.17, 15) is 18.0 Å². The van der Waals surface area contributed by atoms with Crippen LogP contribution in [0, 0.1) is 0 Å². The Kier molecular flexibility index (Phi) is 3.23. The van der Waals surface area contributed by atoms with Gasteiger partial charge in [-0.1, -0.05) is 4.49 Å². The number of amides is 2. The van der Waals surface area contributed by atoms with Crippen LogP contribution in [0.3, 0.4) is 0 Å². The average molecular weight is 226 g/mol. The fraction of sp³-hybridized carbons (Fsp3) is 0.400. The first kappa shape index (κ1) is 10.7. The summed E-state index contributed by atoms with van der Waals surface area (Å²) in [5.74, 6) is 0. The van der Waals surface area contributed by atoms with Crippen molar-refractivity contribution in [1.82, 2.24) is 14.9 Å². The van der Waals surface area contributed by atoms with Crippen molar-refractivity contribution in [2.75, 3.05) is 11.9 Å². The molecule has 1 aromatic heterocycles. The van der Waals surface area contributed by atoms with Gasteiger partial charge >= 0.3 is 12.2 Å². The number of nitrogens with one attached hydrogen (secondary N) is 2. The van der Waals surface area contributed by atoms with E-state index in [0.717, 1.165) is 11.5 Å². The van der Waals surface area contributed by atoms with Gasteiger partial charge in [0.25, 0.3) is 0 Å². The number of urea groups is 1. The summed E-state index contributed by atoms with van der Waals surface area (Å²) in [6.45, 7) is -1.37. The molecule has 0 aliphatic heterocycles. The highest BCUT2D eigenvalue weighted by Crippen LogP contribution is 2.13. The lowest BCUT2D eigenvalue weighted by Crippen LogP contribution is -2.36. The monoisotopic (exact) mass is 226 g/mol. The molecule has 1 rings (SSSR count). The predicted molar refractivity (Wildman–Crippen MR) is 43.0 cm³/mol. The third-order valence-electron chi connectivity index (χ3n) is 1.05. The van der Waals surface area contributed by atoms with Crippen LogP contribution in [0.1, 0.15) is 0 Å². The lowest BCUT2D eigenvalue weighted by atomic mass is 10.6. The van der Waals surface area contributed by atoms with Crippen molar-refractivity contribution >= 4 is 22.6 Å². The molecule has 0 radical (unpaired) electrons. The van der Waals surface area contributed by atoms with Crippen LogP contribution in [0.2, 0.25) is 0 Å². The molecular weight excluding hydrogens is 221 g/mol. The third kappa shape index (κ3) is 4.03. The standard InChI is InChI=1S/C5H5F3N4OS/c6-5(7,8)2-9-4(13)11-3-1-10-12-14-3/h1H,2H2,(H2,9,11,13). The smallest absolute Gasteiger partial charge is 0.329 e. The number of nitrogens with zero attached hydrogens (tertiary/aromatic N) is 2. The number of carbonyl (C=O) groups excluding carboxylic acids is 1. The lowest BCUT2D eigenvalue weighted by molar-refractivity contribution is -0.122. The van der Waals surface area contributed by atoms with Crippen molar-refractivity contribution < 1.29 is 18.0 Å². The summed E-state index contributed by atoms with van der Waals surface area (Å²) in [6.07, 6.45) is -3.18. The molecule has 0 fully saturated rings. The van der Waals surface area contributed by atoms with Crippen LogP contribution in [0.15, 0.2) is 6.20 Å². The largest absolute Gasteiger partial charge is 0.405 e. The Bertz CT molecular complexity index is 298. The van der Waals surface area contributed by atoms with Crippen molar-refractivity contribution in [1.29, 1.82) is 0 Å². The number of anilines is 1. The van der Waals surface area contributed by atoms with Gasteiger partial charge in [-0.05, 0) is 0 Å². The van der Waals surface area contributed by atoms with Crippen molar-refractivity contribution in [2.45, 2.75) is 6.18 Å². The van der Waals surface area contributed by atoms with Gasteiger partial charge in [0.15, 0.2) is 0 Å². The molecule has 0 spiro atoms. The molecule has 0 aromatic carbocycles. The van der Waals surface area contributed by atoms with E-state index in [1.807, 2.05) is 0 Å². The molecule has 5 nitrogen and oxygen atoms in total. The van der Waals surface area contributed by atoms with E-state index in [4.69, 9.17) is 0 Å². The van der Waals surface area contributed by atoms with Crippen LogP contribution in [-0.4, -0.2) is 28.3 Å². The summed E-state index contributed by atoms with van der Waals surface area (Å²) in [6, 6.07) is -0.937. The van der Waals surface area contributed by atoms with Crippen LogP contribution in [0.4, 0.5) is 23.0 Å². The number of alkyl halides is 3. The van der Waals surface area contributed by atoms with E-state index in [0.29, 0.717) is 0 Å². The zero-order valence-corrected chi connectivity index (χ0v) is 7.45. The highest BCUT2D eigenvalue weighted by Gasteiger charge is 2.27. The normalized spacial score (nSPS) is 11.1. The molecule has 0 aliphatic carbocycles. The van der Waals surface area contributed by atoms with Gasteiger partial charge in [-0.3, -0.25) is 5.32 Å². The zero-order valence-electron chi connectivity index (χ0n) is 6.63. The van der Waals surface area contributed by atoms with Crippen molar-refractivity contribution in [3.8, 4) is 0 Å². The maximum absolute atomic E-state index is 11.6. The molecule has 0 saturated carbocycles. The first-order valence-corrected chi connectivity index (χ1v) is 4.14. The predicted octanol–water partition coefficient (Wildman–Crippen LogP) is 1.22. The maximum Gasteiger partial charge on any atom is 0.405 e. The van der Waals surface area contributed by atoms with E-state index in [1.54, 1.807) is 5.32 Å². The fourth-order valence-corrected chi connectivity index (χ4v) is 0.974. The Hall–Kier alpha value is -1.38. The van der Waals surface area contributed by atoms with Crippen LogP contribution in [0.25, 0.3) is 0 Å². The molecule has 1 heterocycles. The van der Waals surface area contributed by atoms with Gasteiger partial charge in [-0.25, -0.2) is 4.79 Å². The minimum absolute atomic E-state index is 0.282. The minimum Gasteiger partial charge on any atom is -0.329 e. The lowest BCUT2D eigenvalue weighted by Gasteiger charge is -2.07. The van der Waals surface area contributed by atoms with Gasteiger partial charge in [0.05, 0.1) is 6.20 Å². The van der Waals surface area contributed by atoms with Gasteiger partial charge in [0, 0.05) is 11.5 Å². The molecule has 9 heteroatoms. The zero-order chi connectivity index (χ0) is 10.6. The molecule has 0 unspecified atom stereocenters. The molecule has 1 aromatic rings. The Morgan fingerprint density at radius 1 is 1.57 bits per heavy atom. The van der Waals surface area contributed by atoms with E-state index < -0.39 is 18.8 Å². The number of hydrogen-bond acceptors (Lipinski definition) is 4. The second kappa shape index (κ2) is 4.22. The van der Waals surface area contributed by atoms with Gasteiger partial charge in [-0.15, -0.1) is 5.10 Å². The summed E-state index contributed by atoms with van der Waals surface area (Å²) in [4.78, 5) is 10.8. The molecule has 0 aliphatic rings. The molecular formula is C5H5F3N4OS. The molecule has 0 saturated heterocycles. The molecule has 78 valence electrons. The summed E-state index contributed by atoms with van der Waals surface area (Å²) in [7, 11) is 0. The Morgan fingerprint density at radius 2 is 2.29 bits per heavy atom. The minimum atomic E-state index is -4.41. The number of carbonyl (C=O) groups is 1. The first-order valence-electron chi connectivity index (χ1n) is 3.36. The summed E-state index contributed by atoms with van der Waals surface area (Å²) < 4.78 is 38.3. The van der Waals surface area contributed by atoms with Gasteiger partial charge in [0.1, 0.15) is 11.5 Å². The van der Waals surface area contributed by atoms with Crippen molar-refractivity contribution in [2.24, 2.45) is 0 Å². The molecule has 0 atom stereocenters. The average Bonchev–Trinajstić information content (AvgIpc) is 2.52. The van der Waals surface area contributed by atoms with E-state index >= 15 is 0 Å². The van der Waals surface area contributed by atoms with Crippen molar-refractivity contribution in [3.63, 3.8) is 0 Å². The number of halogens is 3. The van der Waals surface area contributed by atoms with Crippen molar-refractivity contribution in [3.05, 3.63) is 6.20 Å². The molecule has 2 amide bonds. The van der Waals surface area contributed by atoms with Gasteiger partial charge in [-0.2, -0.15) is 13.2 Å². The highest BCUT2D eigenvalue weighted by molar-refractivity contribution is 7.10. The quantitative estimate of drug-likeness (QED) is 0.796.